The lowest BCUT2D eigenvalue weighted by molar-refractivity contribution is -0.132. The number of rotatable bonds is 7. The summed E-state index contributed by atoms with van der Waals surface area (Å²) in [6, 6.07) is 26.9. The summed E-state index contributed by atoms with van der Waals surface area (Å²) in [6.45, 7) is 4.39. The van der Waals surface area contributed by atoms with Gasteiger partial charge in [0.1, 0.15) is 23.9 Å². The summed E-state index contributed by atoms with van der Waals surface area (Å²) >= 11 is 1.35. The second kappa shape index (κ2) is 11.1. The number of thiazole rings is 1. The van der Waals surface area contributed by atoms with Crippen LogP contribution in [0.2, 0.25) is 0 Å². The van der Waals surface area contributed by atoms with Crippen LogP contribution in [0.25, 0.3) is 16.0 Å². The van der Waals surface area contributed by atoms with E-state index in [1.165, 1.54) is 16.2 Å². The molecule has 8 heteroatoms. The topological polar surface area (TPSA) is 89.0 Å². The Morgan fingerprint density at radius 3 is 2.31 bits per heavy atom. The first kappa shape index (κ1) is 27.2. The van der Waals surface area contributed by atoms with Gasteiger partial charge in [-0.1, -0.05) is 59.9 Å². The molecule has 5 aromatic rings. The van der Waals surface area contributed by atoms with Crippen LogP contribution in [0.1, 0.15) is 33.9 Å². The standard InChI is InChI=1S/C34H28N2O5S/c1-20-17-21(2)29-27(18-20)42-34(35-29)36-30(23-9-15-26(16-10-23)41-19-22-7-5-4-6-8-22)28(32(38)33(36)39)31(37)24-11-13-25(40-3)14-12-24/h4-18,30,37H,19H2,1-3H3. The van der Waals surface area contributed by atoms with E-state index in [0.717, 1.165) is 26.9 Å². The number of fused-ring (bicyclic) bond motifs is 1. The number of methoxy groups -OCH3 is 1. The highest BCUT2D eigenvalue weighted by Gasteiger charge is 2.48. The zero-order valence-corrected chi connectivity index (χ0v) is 24.1. The molecule has 1 unspecified atom stereocenters. The van der Waals surface area contributed by atoms with Crippen LogP contribution in [0.3, 0.4) is 0 Å². The molecule has 1 aliphatic rings. The third-order valence-electron chi connectivity index (χ3n) is 7.28. The quantitative estimate of drug-likeness (QED) is 0.126. The maximum Gasteiger partial charge on any atom is 0.301 e. The number of hydrogen-bond acceptors (Lipinski definition) is 7. The molecule has 2 heterocycles. The average Bonchev–Trinajstić information content (AvgIpc) is 3.54. The monoisotopic (exact) mass is 576 g/mol. The van der Waals surface area contributed by atoms with Crippen molar-refractivity contribution in [3.05, 3.63) is 124 Å². The third kappa shape index (κ3) is 5.01. The van der Waals surface area contributed by atoms with Crippen LogP contribution in [0, 0.1) is 13.8 Å². The van der Waals surface area contributed by atoms with E-state index in [4.69, 9.17) is 14.5 Å². The molecule has 0 aliphatic carbocycles. The average molecular weight is 577 g/mol. The van der Waals surface area contributed by atoms with Gasteiger partial charge >= 0.3 is 5.91 Å². The molecule has 0 bridgehead atoms. The van der Waals surface area contributed by atoms with E-state index >= 15 is 0 Å². The Morgan fingerprint density at radius 2 is 1.62 bits per heavy atom. The van der Waals surface area contributed by atoms with Gasteiger partial charge in [-0.2, -0.15) is 0 Å². The predicted molar refractivity (Wildman–Crippen MR) is 164 cm³/mol. The number of anilines is 1. The summed E-state index contributed by atoms with van der Waals surface area (Å²) in [7, 11) is 1.55. The molecule has 4 aromatic carbocycles. The second-order valence-electron chi connectivity index (χ2n) is 10.2. The fourth-order valence-corrected chi connectivity index (χ4v) is 6.37. The molecule has 7 nitrogen and oxygen atoms in total. The molecule has 0 radical (unpaired) electrons. The SMILES string of the molecule is COc1ccc(C(O)=C2C(=O)C(=O)N(c3nc4c(C)cc(C)cc4s3)C2c2ccc(OCc3ccccc3)cc2)cc1. The summed E-state index contributed by atoms with van der Waals surface area (Å²) in [5.74, 6) is -0.533. The number of ketones is 1. The molecule has 0 spiro atoms. The molecule has 6 rings (SSSR count). The van der Waals surface area contributed by atoms with E-state index < -0.39 is 17.7 Å². The maximum atomic E-state index is 13.6. The summed E-state index contributed by atoms with van der Waals surface area (Å²) in [4.78, 5) is 33.4. The van der Waals surface area contributed by atoms with Crippen molar-refractivity contribution in [2.75, 3.05) is 12.0 Å². The fraction of sp³-hybridized carbons (Fsp3) is 0.147. The van der Waals surface area contributed by atoms with Crippen molar-refractivity contribution in [3.8, 4) is 11.5 Å². The number of aliphatic hydroxyl groups is 1. The van der Waals surface area contributed by atoms with E-state index in [9.17, 15) is 14.7 Å². The van der Waals surface area contributed by atoms with Crippen LogP contribution in [0.15, 0.2) is 96.6 Å². The Bertz CT molecular complexity index is 1830. The number of carbonyl (C=O) groups excluding carboxylic acids is 2. The number of carbonyl (C=O) groups is 2. The van der Waals surface area contributed by atoms with Crippen molar-refractivity contribution in [2.24, 2.45) is 0 Å². The van der Waals surface area contributed by atoms with Gasteiger partial charge in [0.05, 0.1) is 28.9 Å². The largest absolute Gasteiger partial charge is 0.507 e. The van der Waals surface area contributed by atoms with E-state index in [0.29, 0.717) is 34.4 Å². The number of benzene rings is 4. The predicted octanol–water partition coefficient (Wildman–Crippen LogP) is 7.13. The normalized spacial score (nSPS) is 16.3. The van der Waals surface area contributed by atoms with Gasteiger partial charge in [0.15, 0.2) is 5.13 Å². The van der Waals surface area contributed by atoms with Gasteiger partial charge in [-0.15, -0.1) is 0 Å². The summed E-state index contributed by atoms with van der Waals surface area (Å²) in [5.41, 5.74) is 4.92. The van der Waals surface area contributed by atoms with Crippen LogP contribution in [0.4, 0.5) is 5.13 Å². The third-order valence-corrected chi connectivity index (χ3v) is 8.28. The Hall–Kier alpha value is -4.95. The first-order chi connectivity index (χ1) is 20.3. The molecule has 1 N–H and O–H groups in total. The van der Waals surface area contributed by atoms with Crippen molar-refractivity contribution in [1.29, 1.82) is 0 Å². The molecular formula is C34H28N2O5S. The maximum absolute atomic E-state index is 13.6. The Balaban J connectivity index is 1.44. The van der Waals surface area contributed by atoms with Gasteiger partial charge in [-0.3, -0.25) is 14.5 Å². The van der Waals surface area contributed by atoms with Crippen LogP contribution >= 0.6 is 11.3 Å². The van der Waals surface area contributed by atoms with Gasteiger partial charge in [-0.05, 0) is 78.6 Å². The molecular weight excluding hydrogens is 548 g/mol. The van der Waals surface area contributed by atoms with Gasteiger partial charge in [-0.25, -0.2) is 4.98 Å². The number of Topliss-reactive ketones (excluding diaryl/α,β-unsaturated/α-hetero) is 1. The van der Waals surface area contributed by atoms with E-state index in [-0.39, 0.29) is 11.3 Å². The number of ether oxygens (including phenoxy) is 2. The highest BCUT2D eigenvalue weighted by molar-refractivity contribution is 7.22. The number of aryl methyl sites for hydroxylation is 2. The van der Waals surface area contributed by atoms with Crippen molar-refractivity contribution in [3.63, 3.8) is 0 Å². The molecule has 1 aliphatic heterocycles. The van der Waals surface area contributed by atoms with Crippen molar-refractivity contribution in [2.45, 2.75) is 26.5 Å². The number of hydrogen-bond donors (Lipinski definition) is 1. The van der Waals surface area contributed by atoms with Crippen LogP contribution in [-0.4, -0.2) is 28.9 Å². The minimum absolute atomic E-state index is 0.00437. The zero-order valence-electron chi connectivity index (χ0n) is 23.3. The van der Waals surface area contributed by atoms with Crippen LogP contribution < -0.4 is 14.4 Å². The Labute approximate surface area is 247 Å². The summed E-state index contributed by atoms with van der Waals surface area (Å²) in [6.07, 6.45) is 0. The second-order valence-corrected chi connectivity index (χ2v) is 11.2. The lowest BCUT2D eigenvalue weighted by Crippen LogP contribution is -2.29. The fourth-order valence-electron chi connectivity index (χ4n) is 5.20. The van der Waals surface area contributed by atoms with Gasteiger partial charge in [0, 0.05) is 5.56 Å². The molecule has 1 amide bonds. The molecule has 210 valence electrons. The minimum atomic E-state index is -0.891. The minimum Gasteiger partial charge on any atom is -0.507 e. The number of nitrogens with zero attached hydrogens (tertiary/aromatic N) is 2. The van der Waals surface area contributed by atoms with Crippen LogP contribution in [0.5, 0.6) is 11.5 Å². The molecule has 1 aromatic heterocycles. The zero-order chi connectivity index (χ0) is 29.4. The van der Waals surface area contributed by atoms with E-state index in [1.807, 2.05) is 68.4 Å². The molecule has 0 saturated carbocycles. The molecule has 1 saturated heterocycles. The highest BCUT2D eigenvalue weighted by Crippen LogP contribution is 2.45. The Morgan fingerprint density at radius 1 is 0.929 bits per heavy atom. The first-order valence-corrected chi connectivity index (χ1v) is 14.3. The van der Waals surface area contributed by atoms with Crippen molar-refractivity contribution in [1.82, 2.24) is 4.98 Å². The molecule has 42 heavy (non-hydrogen) atoms. The molecule has 1 atom stereocenters. The van der Waals surface area contributed by atoms with Crippen LogP contribution in [-0.2, 0) is 16.2 Å². The number of aromatic nitrogens is 1. The highest BCUT2D eigenvalue weighted by atomic mass is 32.1. The van der Waals surface area contributed by atoms with Gasteiger partial charge < -0.3 is 14.6 Å². The Kier molecular flexibility index (Phi) is 7.22. The van der Waals surface area contributed by atoms with E-state index in [1.54, 1.807) is 43.5 Å². The van der Waals surface area contributed by atoms with Gasteiger partial charge in [0.2, 0.25) is 0 Å². The van der Waals surface area contributed by atoms with Gasteiger partial charge in [0.25, 0.3) is 5.78 Å². The van der Waals surface area contributed by atoms with E-state index in [2.05, 4.69) is 0 Å². The lowest BCUT2D eigenvalue weighted by Gasteiger charge is -2.23. The smallest absolute Gasteiger partial charge is 0.301 e. The summed E-state index contributed by atoms with van der Waals surface area (Å²) < 4.78 is 12.1. The summed E-state index contributed by atoms with van der Waals surface area (Å²) in [5, 5.41) is 11.8. The molecule has 1 fully saturated rings. The number of aliphatic hydroxyl groups excluding tert-OH is 1. The van der Waals surface area contributed by atoms with Crippen molar-refractivity contribution < 1.29 is 24.2 Å². The first-order valence-electron chi connectivity index (χ1n) is 13.4. The van der Waals surface area contributed by atoms with Crippen molar-refractivity contribution >= 4 is 44.1 Å². The lowest BCUT2D eigenvalue weighted by atomic mass is 9.95. The number of amides is 1.